The molecular formula is C19H19N5O2. The van der Waals surface area contributed by atoms with Gasteiger partial charge in [0.1, 0.15) is 29.9 Å². The predicted molar refractivity (Wildman–Crippen MR) is 96.7 cm³/mol. The SMILES string of the molecule is Cc1cc(-n2nc(C)cc2NC(=O)C2COc3ccccc32)nc(C)n1. The number of ether oxygens (including phenoxy) is 1. The van der Waals surface area contributed by atoms with Gasteiger partial charge in [-0.15, -0.1) is 0 Å². The van der Waals surface area contributed by atoms with E-state index >= 15 is 0 Å². The van der Waals surface area contributed by atoms with Crippen molar-refractivity contribution in [2.24, 2.45) is 0 Å². The molecule has 0 saturated carbocycles. The smallest absolute Gasteiger partial charge is 0.236 e. The van der Waals surface area contributed by atoms with Gasteiger partial charge in [0, 0.05) is 23.4 Å². The molecule has 0 spiro atoms. The van der Waals surface area contributed by atoms with Crippen LogP contribution < -0.4 is 10.1 Å². The van der Waals surface area contributed by atoms with Gasteiger partial charge in [-0.1, -0.05) is 18.2 Å². The molecule has 26 heavy (non-hydrogen) atoms. The van der Waals surface area contributed by atoms with Crippen molar-refractivity contribution < 1.29 is 9.53 Å². The van der Waals surface area contributed by atoms with Crippen LogP contribution in [-0.2, 0) is 4.79 Å². The summed E-state index contributed by atoms with van der Waals surface area (Å²) in [5.74, 6) is 2.15. The standard InChI is InChI=1S/C19H19N5O2/c1-11-8-17(21-13(3)20-11)24-18(9-12(2)23-24)22-19(25)15-10-26-16-7-5-4-6-14(15)16/h4-9,15H,10H2,1-3H3,(H,22,25). The number of carbonyl (C=O) groups excluding carboxylic acids is 1. The predicted octanol–water partition coefficient (Wildman–Crippen LogP) is 2.70. The Hall–Kier alpha value is -3.22. The van der Waals surface area contributed by atoms with Crippen molar-refractivity contribution in [2.75, 3.05) is 11.9 Å². The molecule has 1 aliphatic rings. The number of amides is 1. The monoisotopic (exact) mass is 349 g/mol. The van der Waals surface area contributed by atoms with Gasteiger partial charge in [0.05, 0.1) is 5.69 Å². The van der Waals surface area contributed by atoms with E-state index in [9.17, 15) is 4.79 Å². The van der Waals surface area contributed by atoms with Crippen molar-refractivity contribution in [1.29, 1.82) is 0 Å². The van der Waals surface area contributed by atoms with Gasteiger partial charge in [-0.25, -0.2) is 9.97 Å². The second-order valence-electron chi connectivity index (χ2n) is 6.39. The zero-order valence-electron chi connectivity index (χ0n) is 14.9. The zero-order chi connectivity index (χ0) is 18.3. The minimum atomic E-state index is -0.344. The minimum Gasteiger partial charge on any atom is -0.492 e. The van der Waals surface area contributed by atoms with Crippen LogP contribution in [0.3, 0.4) is 0 Å². The number of carbonyl (C=O) groups is 1. The lowest BCUT2D eigenvalue weighted by atomic mass is 10.0. The van der Waals surface area contributed by atoms with E-state index in [2.05, 4.69) is 20.4 Å². The molecule has 1 aromatic carbocycles. The fourth-order valence-electron chi connectivity index (χ4n) is 3.16. The van der Waals surface area contributed by atoms with E-state index in [4.69, 9.17) is 4.74 Å². The van der Waals surface area contributed by atoms with Crippen molar-refractivity contribution in [3.63, 3.8) is 0 Å². The number of benzene rings is 1. The molecule has 0 aliphatic carbocycles. The second kappa shape index (κ2) is 6.25. The molecule has 1 unspecified atom stereocenters. The molecule has 1 aliphatic heterocycles. The summed E-state index contributed by atoms with van der Waals surface area (Å²) in [6, 6.07) is 11.3. The topological polar surface area (TPSA) is 81.9 Å². The van der Waals surface area contributed by atoms with E-state index in [0.29, 0.717) is 24.1 Å². The summed E-state index contributed by atoms with van der Waals surface area (Å²) in [6.07, 6.45) is 0. The van der Waals surface area contributed by atoms with Gasteiger partial charge in [0.25, 0.3) is 0 Å². The summed E-state index contributed by atoms with van der Waals surface area (Å²) < 4.78 is 7.25. The van der Waals surface area contributed by atoms with E-state index < -0.39 is 0 Å². The van der Waals surface area contributed by atoms with E-state index in [1.54, 1.807) is 4.68 Å². The van der Waals surface area contributed by atoms with Gasteiger partial charge in [-0.2, -0.15) is 9.78 Å². The molecule has 0 fully saturated rings. The first-order chi connectivity index (χ1) is 12.5. The van der Waals surface area contributed by atoms with Crippen LogP contribution in [0.2, 0.25) is 0 Å². The van der Waals surface area contributed by atoms with Crippen LogP contribution in [0.5, 0.6) is 5.75 Å². The summed E-state index contributed by atoms with van der Waals surface area (Å²) in [5.41, 5.74) is 2.54. The van der Waals surface area contributed by atoms with Crippen LogP contribution in [0, 0.1) is 20.8 Å². The number of nitrogens with one attached hydrogen (secondary N) is 1. The number of anilines is 1. The van der Waals surface area contributed by atoms with Gasteiger partial charge < -0.3 is 10.1 Å². The molecule has 1 N–H and O–H groups in total. The van der Waals surface area contributed by atoms with Crippen LogP contribution in [0.25, 0.3) is 5.82 Å². The quantitative estimate of drug-likeness (QED) is 0.786. The Labute approximate surface area is 151 Å². The van der Waals surface area contributed by atoms with Crippen molar-refractivity contribution in [3.05, 3.63) is 59.2 Å². The number of fused-ring (bicyclic) bond motifs is 1. The molecule has 3 aromatic rings. The molecule has 132 valence electrons. The average molecular weight is 349 g/mol. The van der Waals surface area contributed by atoms with Crippen LogP contribution in [0.1, 0.15) is 28.7 Å². The Morgan fingerprint density at radius 1 is 1.15 bits per heavy atom. The third-order valence-electron chi connectivity index (χ3n) is 4.27. The third kappa shape index (κ3) is 2.92. The molecule has 7 nitrogen and oxygen atoms in total. The summed E-state index contributed by atoms with van der Waals surface area (Å²) in [5, 5.41) is 7.44. The van der Waals surface area contributed by atoms with Crippen molar-refractivity contribution in [1.82, 2.24) is 19.7 Å². The number of hydrogen-bond acceptors (Lipinski definition) is 5. The third-order valence-corrected chi connectivity index (χ3v) is 4.27. The first-order valence-corrected chi connectivity index (χ1v) is 8.43. The molecule has 0 bridgehead atoms. The van der Waals surface area contributed by atoms with Gasteiger partial charge in [-0.05, 0) is 26.8 Å². The molecule has 0 radical (unpaired) electrons. The molecule has 2 aromatic heterocycles. The van der Waals surface area contributed by atoms with Crippen molar-refractivity contribution >= 4 is 11.7 Å². The lowest BCUT2D eigenvalue weighted by molar-refractivity contribution is -0.117. The van der Waals surface area contributed by atoms with Crippen molar-refractivity contribution in [3.8, 4) is 11.6 Å². The van der Waals surface area contributed by atoms with Gasteiger partial charge >= 0.3 is 0 Å². The molecule has 0 saturated heterocycles. The molecule has 1 atom stereocenters. The number of rotatable bonds is 3. The Balaban J connectivity index is 1.64. The minimum absolute atomic E-state index is 0.126. The first-order valence-electron chi connectivity index (χ1n) is 8.43. The van der Waals surface area contributed by atoms with E-state index in [-0.39, 0.29) is 11.8 Å². The second-order valence-corrected chi connectivity index (χ2v) is 6.39. The van der Waals surface area contributed by atoms with Crippen LogP contribution in [0.4, 0.5) is 5.82 Å². The number of aromatic nitrogens is 4. The van der Waals surface area contributed by atoms with Crippen molar-refractivity contribution in [2.45, 2.75) is 26.7 Å². The first kappa shape index (κ1) is 16.3. The highest BCUT2D eigenvalue weighted by Crippen LogP contribution is 2.34. The van der Waals surface area contributed by atoms with Crippen LogP contribution >= 0.6 is 0 Å². The maximum Gasteiger partial charge on any atom is 0.236 e. The summed E-state index contributed by atoms with van der Waals surface area (Å²) in [4.78, 5) is 21.6. The van der Waals surface area contributed by atoms with E-state index in [1.165, 1.54) is 0 Å². The fraction of sp³-hybridized carbons (Fsp3) is 0.263. The highest BCUT2D eigenvalue weighted by molar-refractivity contribution is 5.96. The van der Waals surface area contributed by atoms with Crippen LogP contribution in [0.15, 0.2) is 36.4 Å². The number of hydrogen-bond donors (Lipinski definition) is 1. The fourth-order valence-corrected chi connectivity index (χ4v) is 3.16. The van der Waals surface area contributed by atoms with E-state index in [1.807, 2.05) is 57.2 Å². The molecule has 3 heterocycles. The lowest BCUT2D eigenvalue weighted by Gasteiger charge is -2.12. The number of nitrogens with zero attached hydrogens (tertiary/aromatic N) is 4. The largest absolute Gasteiger partial charge is 0.492 e. The lowest BCUT2D eigenvalue weighted by Crippen LogP contribution is -2.23. The summed E-state index contributed by atoms with van der Waals surface area (Å²) in [7, 11) is 0. The summed E-state index contributed by atoms with van der Waals surface area (Å²) in [6.45, 7) is 5.95. The average Bonchev–Trinajstić information content (AvgIpc) is 3.17. The molecular weight excluding hydrogens is 330 g/mol. The Morgan fingerprint density at radius 2 is 1.96 bits per heavy atom. The normalized spacial score (nSPS) is 15.4. The Kier molecular flexibility index (Phi) is 3.91. The number of para-hydroxylation sites is 1. The van der Waals surface area contributed by atoms with Gasteiger partial charge in [-0.3, -0.25) is 4.79 Å². The highest BCUT2D eigenvalue weighted by atomic mass is 16.5. The molecule has 7 heteroatoms. The van der Waals surface area contributed by atoms with Gasteiger partial charge in [0.15, 0.2) is 5.82 Å². The van der Waals surface area contributed by atoms with Crippen LogP contribution in [-0.4, -0.2) is 32.3 Å². The maximum absolute atomic E-state index is 12.8. The Morgan fingerprint density at radius 3 is 2.77 bits per heavy atom. The summed E-state index contributed by atoms with van der Waals surface area (Å²) >= 11 is 0. The molecule has 4 rings (SSSR count). The highest BCUT2D eigenvalue weighted by Gasteiger charge is 2.30. The maximum atomic E-state index is 12.8. The zero-order valence-corrected chi connectivity index (χ0v) is 14.9. The molecule has 1 amide bonds. The Bertz CT molecular complexity index is 975. The van der Waals surface area contributed by atoms with E-state index in [0.717, 1.165) is 22.7 Å². The number of aryl methyl sites for hydroxylation is 3. The van der Waals surface area contributed by atoms with Gasteiger partial charge in [0.2, 0.25) is 5.91 Å².